The molecule has 3 unspecified atom stereocenters. The number of unbranched alkanes of at least 4 members (excludes halogenated alkanes) is 41. The van der Waals surface area contributed by atoms with Crippen LogP contribution >= 0.6 is 0 Å². The van der Waals surface area contributed by atoms with Crippen molar-refractivity contribution in [2.24, 2.45) is 0 Å². The van der Waals surface area contributed by atoms with Crippen molar-refractivity contribution in [3.63, 3.8) is 0 Å². The van der Waals surface area contributed by atoms with Gasteiger partial charge >= 0.3 is 0 Å². The Kier molecular flexibility index (Phi) is 56.4. The second-order valence-electron chi connectivity index (χ2n) is 20.9. The Labute approximate surface area is 425 Å². The molecule has 0 fully saturated rings. The average Bonchev–Trinajstić information content (AvgIpc) is 3.33. The first-order valence-electron chi connectivity index (χ1n) is 30.4. The summed E-state index contributed by atoms with van der Waals surface area (Å²) in [4.78, 5) is 12.5. The van der Waals surface area contributed by atoms with Crippen LogP contribution in [0, 0.1) is 0 Å². The van der Waals surface area contributed by atoms with Gasteiger partial charge in [-0.15, -0.1) is 0 Å². The SMILES string of the molecule is CCCCCCCCCCCC/C=C/CC/C=C/CC/C=C/C(O)C(CO)NC(=O)CC(O)CCCCCCCCCCCCCCCCC/C=C\CCCCCCCCCCCCCCCC. The number of amides is 1. The minimum absolute atomic E-state index is 0.00343. The molecule has 0 saturated heterocycles. The molecule has 0 spiro atoms. The predicted octanol–water partition coefficient (Wildman–Crippen LogP) is 19.2. The number of nitrogens with one attached hydrogen (secondary N) is 1. The van der Waals surface area contributed by atoms with Crippen LogP contribution in [0.1, 0.15) is 322 Å². The smallest absolute Gasteiger partial charge is 0.222 e. The number of hydrogen-bond acceptors (Lipinski definition) is 4. The van der Waals surface area contributed by atoms with Gasteiger partial charge in [-0.2, -0.15) is 0 Å². The highest BCUT2D eigenvalue weighted by Crippen LogP contribution is 2.17. The average molecular weight is 955 g/mol. The number of carbonyl (C=O) groups is 1. The highest BCUT2D eigenvalue weighted by Gasteiger charge is 2.20. The van der Waals surface area contributed by atoms with E-state index in [2.05, 4.69) is 55.6 Å². The van der Waals surface area contributed by atoms with Gasteiger partial charge in [0.25, 0.3) is 0 Å². The van der Waals surface area contributed by atoms with E-state index in [1.54, 1.807) is 6.08 Å². The molecule has 1 amide bonds. The highest BCUT2D eigenvalue weighted by molar-refractivity contribution is 5.76. The van der Waals surface area contributed by atoms with Crippen molar-refractivity contribution >= 4 is 5.91 Å². The van der Waals surface area contributed by atoms with Crippen molar-refractivity contribution in [3.05, 3.63) is 48.6 Å². The molecule has 0 radical (unpaired) electrons. The Morgan fingerprint density at radius 2 is 0.632 bits per heavy atom. The van der Waals surface area contributed by atoms with Crippen molar-refractivity contribution < 1.29 is 20.1 Å². The molecule has 0 aliphatic heterocycles. The van der Waals surface area contributed by atoms with E-state index in [4.69, 9.17) is 0 Å². The lowest BCUT2D eigenvalue weighted by Gasteiger charge is -2.21. The fourth-order valence-electron chi connectivity index (χ4n) is 9.43. The zero-order chi connectivity index (χ0) is 49.3. The van der Waals surface area contributed by atoms with Crippen molar-refractivity contribution in [3.8, 4) is 0 Å². The minimum atomic E-state index is -0.961. The normalized spacial score (nSPS) is 13.5. The highest BCUT2D eigenvalue weighted by atomic mass is 16.3. The Morgan fingerprint density at radius 1 is 0.368 bits per heavy atom. The molecule has 5 heteroatoms. The maximum absolute atomic E-state index is 12.5. The summed E-state index contributed by atoms with van der Waals surface area (Å²) in [7, 11) is 0. The predicted molar refractivity (Wildman–Crippen MR) is 301 cm³/mol. The van der Waals surface area contributed by atoms with Crippen molar-refractivity contribution in [1.82, 2.24) is 5.32 Å². The Bertz CT molecular complexity index is 1100. The first kappa shape index (κ1) is 66.3. The number of rotatable bonds is 56. The summed E-state index contributed by atoms with van der Waals surface area (Å²) in [6.07, 6.45) is 77.6. The van der Waals surface area contributed by atoms with E-state index in [1.807, 2.05) is 6.08 Å². The molecule has 4 N–H and O–H groups in total. The molecular formula is C63H119NO4. The van der Waals surface area contributed by atoms with Crippen LogP contribution in [0.2, 0.25) is 0 Å². The maximum Gasteiger partial charge on any atom is 0.222 e. The standard InChI is InChI=1S/C63H119NO4/c1-3-5-7-9-11-13-15-17-19-21-23-25-26-27-28-29-30-31-32-33-34-35-36-37-38-40-42-44-46-48-50-52-54-56-60(66)58-63(68)64-61(59-65)62(67)57-55-53-51-49-47-45-43-41-39-24-22-20-18-16-14-12-10-8-6-4-2/h29-30,39,41,47,49,55,57,60-62,65-67H,3-28,31-38,40,42-46,48,50-54,56,58-59H2,1-2H3,(H,64,68)/b30-29-,41-39+,49-47+,57-55+. The van der Waals surface area contributed by atoms with Gasteiger partial charge in [-0.3, -0.25) is 4.79 Å². The Hall–Kier alpha value is -1.69. The fourth-order valence-corrected chi connectivity index (χ4v) is 9.43. The monoisotopic (exact) mass is 954 g/mol. The van der Waals surface area contributed by atoms with E-state index in [0.717, 1.165) is 38.5 Å². The third kappa shape index (κ3) is 53.7. The molecule has 5 nitrogen and oxygen atoms in total. The molecule has 0 aromatic carbocycles. The largest absolute Gasteiger partial charge is 0.394 e. The molecule has 0 aliphatic rings. The summed E-state index contributed by atoms with van der Waals surface area (Å²) in [6, 6.07) is -0.769. The number of aliphatic hydroxyl groups excluding tert-OH is 3. The van der Waals surface area contributed by atoms with Crippen LogP contribution in [-0.4, -0.2) is 46.1 Å². The third-order valence-electron chi connectivity index (χ3n) is 14.1. The van der Waals surface area contributed by atoms with E-state index < -0.39 is 18.2 Å². The van der Waals surface area contributed by atoms with E-state index >= 15 is 0 Å². The molecule has 0 heterocycles. The lowest BCUT2D eigenvalue weighted by molar-refractivity contribution is -0.124. The van der Waals surface area contributed by atoms with Crippen molar-refractivity contribution in [2.45, 2.75) is 340 Å². The molecule has 0 bridgehead atoms. The van der Waals surface area contributed by atoms with E-state index in [-0.39, 0.29) is 18.9 Å². The molecule has 68 heavy (non-hydrogen) atoms. The van der Waals surface area contributed by atoms with Crippen LogP contribution in [0.25, 0.3) is 0 Å². The van der Waals surface area contributed by atoms with Gasteiger partial charge in [0.2, 0.25) is 5.91 Å². The Morgan fingerprint density at radius 3 is 0.941 bits per heavy atom. The molecule has 0 aromatic heterocycles. The quantitative estimate of drug-likeness (QED) is 0.0361. The summed E-state index contributed by atoms with van der Waals surface area (Å²) in [5, 5.41) is 33.5. The lowest BCUT2D eigenvalue weighted by Crippen LogP contribution is -2.45. The number of aliphatic hydroxyl groups is 3. The van der Waals surface area contributed by atoms with E-state index in [0.29, 0.717) is 6.42 Å². The van der Waals surface area contributed by atoms with Gasteiger partial charge in [-0.05, 0) is 70.6 Å². The number of carbonyl (C=O) groups excluding carboxylic acids is 1. The van der Waals surface area contributed by atoms with Crippen LogP contribution in [-0.2, 0) is 4.79 Å². The molecular weight excluding hydrogens is 835 g/mol. The summed E-state index contributed by atoms with van der Waals surface area (Å²) < 4.78 is 0. The van der Waals surface area contributed by atoms with E-state index in [9.17, 15) is 20.1 Å². The summed E-state index contributed by atoms with van der Waals surface area (Å²) in [5.74, 6) is -0.326. The Balaban J connectivity index is 3.55. The van der Waals surface area contributed by atoms with Gasteiger partial charge < -0.3 is 20.6 Å². The minimum Gasteiger partial charge on any atom is -0.394 e. The van der Waals surface area contributed by atoms with Gasteiger partial charge in [-0.25, -0.2) is 0 Å². The van der Waals surface area contributed by atoms with Gasteiger partial charge in [0.1, 0.15) is 0 Å². The molecule has 0 aromatic rings. The van der Waals surface area contributed by atoms with Gasteiger partial charge in [0, 0.05) is 0 Å². The second kappa shape index (κ2) is 57.9. The number of hydrogen-bond donors (Lipinski definition) is 4. The summed E-state index contributed by atoms with van der Waals surface area (Å²) in [5.41, 5.74) is 0. The zero-order valence-electron chi connectivity index (χ0n) is 45.7. The molecule has 0 aliphatic carbocycles. The van der Waals surface area contributed by atoms with Crippen LogP contribution in [0.4, 0.5) is 0 Å². The lowest BCUT2D eigenvalue weighted by atomic mass is 10.0. The van der Waals surface area contributed by atoms with E-state index in [1.165, 1.54) is 257 Å². The van der Waals surface area contributed by atoms with Crippen molar-refractivity contribution in [1.29, 1.82) is 0 Å². The first-order chi connectivity index (χ1) is 33.5. The topological polar surface area (TPSA) is 89.8 Å². The fraction of sp³-hybridized carbons (Fsp3) is 0.857. The summed E-state index contributed by atoms with van der Waals surface area (Å²) >= 11 is 0. The van der Waals surface area contributed by atoms with Crippen LogP contribution in [0.3, 0.4) is 0 Å². The first-order valence-corrected chi connectivity index (χ1v) is 30.4. The molecule has 0 saturated carbocycles. The maximum atomic E-state index is 12.5. The zero-order valence-corrected chi connectivity index (χ0v) is 45.7. The van der Waals surface area contributed by atoms with Crippen molar-refractivity contribution in [2.75, 3.05) is 6.61 Å². The number of allylic oxidation sites excluding steroid dienone is 7. The molecule has 400 valence electrons. The van der Waals surface area contributed by atoms with Crippen LogP contribution in [0.15, 0.2) is 48.6 Å². The second-order valence-corrected chi connectivity index (χ2v) is 20.9. The van der Waals surface area contributed by atoms with Gasteiger partial charge in [0.15, 0.2) is 0 Å². The molecule has 0 rings (SSSR count). The van der Waals surface area contributed by atoms with Crippen LogP contribution in [0.5, 0.6) is 0 Å². The summed E-state index contributed by atoms with van der Waals surface area (Å²) in [6.45, 7) is 4.23. The molecule has 3 atom stereocenters. The third-order valence-corrected chi connectivity index (χ3v) is 14.1. The van der Waals surface area contributed by atoms with Gasteiger partial charge in [0.05, 0.1) is 31.3 Å². The van der Waals surface area contributed by atoms with Crippen LogP contribution < -0.4 is 5.32 Å². The van der Waals surface area contributed by atoms with Gasteiger partial charge in [-0.1, -0.05) is 294 Å².